The summed E-state index contributed by atoms with van der Waals surface area (Å²) in [5, 5.41) is 35.3. The van der Waals surface area contributed by atoms with E-state index >= 15 is 0 Å². The van der Waals surface area contributed by atoms with E-state index in [0.717, 1.165) is 4.90 Å². The van der Waals surface area contributed by atoms with Crippen molar-refractivity contribution in [2.45, 2.75) is 33.0 Å². The molecule has 0 radical (unpaired) electrons. The number of aliphatic hydroxyl groups excluding tert-OH is 2. The lowest BCUT2D eigenvalue weighted by molar-refractivity contribution is -0.125. The number of imide groups is 1. The number of pyridine rings is 1. The smallest absolute Gasteiger partial charge is 0.414 e. The third-order valence-corrected chi connectivity index (χ3v) is 3.06. The van der Waals surface area contributed by atoms with Crippen LogP contribution in [0.2, 0.25) is 0 Å². The average molecular weight is 298 g/mol. The molecule has 1 saturated heterocycles. The minimum Gasteiger partial charge on any atom is -0.506 e. The fraction of sp³-hybridized carbons (Fsp3) is 0.462. The normalized spacial score (nSPS) is 13.9. The molecule has 0 atom stereocenters. The van der Waals surface area contributed by atoms with E-state index in [0.29, 0.717) is 36.2 Å². The Bertz CT molecular complexity index is 532. The summed E-state index contributed by atoms with van der Waals surface area (Å²) in [5.74, 6) is -0.313. The molecular weight excluding hydrogens is 280 g/mol. The van der Waals surface area contributed by atoms with Crippen molar-refractivity contribution in [1.29, 1.82) is 0 Å². The number of hydrogen-bond acceptors (Lipinski definition) is 6. The quantitative estimate of drug-likeness (QED) is 0.620. The van der Waals surface area contributed by atoms with Crippen molar-refractivity contribution < 1.29 is 30.0 Å². The molecule has 1 aliphatic heterocycles. The molecule has 8 heteroatoms. The summed E-state index contributed by atoms with van der Waals surface area (Å²) >= 11 is 0. The molecular formula is C13H18N2O6. The van der Waals surface area contributed by atoms with Crippen LogP contribution in [0, 0.1) is 6.92 Å². The summed E-state index contributed by atoms with van der Waals surface area (Å²) in [6.07, 6.45) is 1.37. The number of carboxylic acid groups (broad SMARTS) is 1. The minimum atomic E-state index is -1.13. The predicted octanol–water partition coefficient (Wildman–Crippen LogP) is 0.367. The molecule has 2 heterocycles. The van der Waals surface area contributed by atoms with Crippen molar-refractivity contribution in [3.05, 3.63) is 23.0 Å². The summed E-state index contributed by atoms with van der Waals surface area (Å²) in [7, 11) is 0. The molecule has 116 valence electrons. The summed E-state index contributed by atoms with van der Waals surface area (Å²) in [5.41, 5.74) is 1.27. The molecule has 1 fully saturated rings. The number of hydrogen-bond donors (Lipinski definition) is 4. The fourth-order valence-corrected chi connectivity index (χ4v) is 1.85. The third kappa shape index (κ3) is 4.14. The molecule has 4 N–H and O–H groups in total. The van der Waals surface area contributed by atoms with Gasteiger partial charge in [-0.3, -0.25) is 9.78 Å². The third-order valence-electron chi connectivity index (χ3n) is 3.06. The maximum atomic E-state index is 10.6. The number of rotatable bonds is 2. The summed E-state index contributed by atoms with van der Waals surface area (Å²) < 4.78 is 0. The van der Waals surface area contributed by atoms with Gasteiger partial charge in [0.05, 0.1) is 18.9 Å². The summed E-state index contributed by atoms with van der Waals surface area (Å²) in [4.78, 5) is 25.4. The molecule has 21 heavy (non-hydrogen) atoms. The Balaban J connectivity index is 0.000000219. The monoisotopic (exact) mass is 298 g/mol. The lowest BCUT2D eigenvalue weighted by Gasteiger charge is -2.07. The SMILES string of the molecule is Cc1ncc(CO)c(CO)c1O.O=C(O)N1CCCC1=O. The van der Waals surface area contributed by atoms with Crippen molar-refractivity contribution in [2.24, 2.45) is 0 Å². The first-order chi connectivity index (χ1) is 9.92. The van der Waals surface area contributed by atoms with Crippen LogP contribution in [0.3, 0.4) is 0 Å². The highest BCUT2D eigenvalue weighted by Crippen LogP contribution is 2.23. The minimum absolute atomic E-state index is 0.0379. The van der Waals surface area contributed by atoms with Crippen LogP contribution in [0.1, 0.15) is 29.7 Å². The van der Waals surface area contributed by atoms with E-state index in [4.69, 9.17) is 15.3 Å². The molecule has 8 nitrogen and oxygen atoms in total. The van der Waals surface area contributed by atoms with E-state index in [2.05, 4.69) is 4.98 Å². The van der Waals surface area contributed by atoms with Crippen LogP contribution in [0.4, 0.5) is 4.79 Å². The number of likely N-dealkylation sites (tertiary alicyclic amines) is 1. The Hall–Kier alpha value is -2.19. The van der Waals surface area contributed by atoms with E-state index in [1.807, 2.05) is 0 Å². The Morgan fingerprint density at radius 3 is 2.43 bits per heavy atom. The highest BCUT2D eigenvalue weighted by Gasteiger charge is 2.25. The summed E-state index contributed by atoms with van der Waals surface area (Å²) in [6.45, 7) is 1.49. The van der Waals surface area contributed by atoms with Gasteiger partial charge in [0, 0.05) is 30.3 Å². The molecule has 0 saturated carbocycles. The van der Waals surface area contributed by atoms with Crippen LogP contribution in [0.5, 0.6) is 5.75 Å². The first-order valence-electron chi connectivity index (χ1n) is 6.33. The number of aliphatic hydroxyl groups is 2. The zero-order valence-electron chi connectivity index (χ0n) is 11.6. The van der Waals surface area contributed by atoms with Gasteiger partial charge in [-0.05, 0) is 13.3 Å². The van der Waals surface area contributed by atoms with Crippen molar-refractivity contribution in [3.63, 3.8) is 0 Å². The van der Waals surface area contributed by atoms with Gasteiger partial charge in [-0.25, -0.2) is 9.69 Å². The van der Waals surface area contributed by atoms with Crippen molar-refractivity contribution in [2.75, 3.05) is 6.54 Å². The van der Waals surface area contributed by atoms with Gasteiger partial charge < -0.3 is 20.4 Å². The molecule has 0 aliphatic carbocycles. The maximum Gasteiger partial charge on any atom is 0.414 e. The van der Waals surface area contributed by atoms with Crippen LogP contribution >= 0.6 is 0 Å². The van der Waals surface area contributed by atoms with E-state index in [9.17, 15) is 14.7 Å². The van der Waals surface area contributed by atoms with Gasteiger partial charge in [-0.15, -0.1) is 0 Å². The van der Waals surface area contributed by atoms with E-state index in [-0.39, 0.29) is 24.9 Å². The average Bonchev–Trinajstić information content (AvgIpc) is 2.89. The van der Waals surface area contributed by atoms with Gasteiger partial charge in [0.2, 0.25) is 5.91 Å². The lowest BCUT2D eigenvalue weighted by atomic mass is 10.1. The van der Waals surface area contributed by atoms with Gasteiger partial charge in [-0.1, -0.05) is 0 Å². The molecule has 0 spiro atoms. The molecule has 0 bridgehead atoms. The highest BCUT2D eigenvalue weighted by atomic mass is 16.4. The van der Waals surface area contributed by atoms with E-state index in [1.54, 1.807) is 6.92 Å². The molecule has 1 aromatic heterocycles. The first-order valence-corrected chi connectivity index (χ1v) is 6.33. The fourth-order valence-electron chi connectivity index (χ4n) is 1.85. The molecule has 0 unspecified atom stereocenters. The number of carbonyl (C=O) groups excluding carboxylic acids is 1. The number of carbonyl (C=O) groups is 2. The Kier molecular flexibility index (Phi) is 6.07. The molecule has 1 aromatic rings. The number of nitrogens with zero attached hydrogens (tertiary/aromatic N) is 2. The number of aromatic nitrogens is 1. The predicted molar refractivity (Wildman–Crippen MR) is 71.5 cm³/mol. The van der Waals surface area contributed by atoms with E-state index < -0.39 is 6.09 Å². The lowest BCUT2D eigenvalue weighted by Crippen LogP contribution is -2.29. The Labute approximate surface area is 121 Å². The second-order valence-corrected chi connectivity index (χ2v) is 4.44. The highest BCUT2D eigenvalue weighted by molar-refractivity contribution is 5.92. The Morgan fingerprint density at radius 2 is 2.05 bits per heavy atom. The van der Waals surface area contributed by atoms with Gasteiger partial charge in [0.25, 0.3) is 0 Å². The van der Waals surface area contributed by atoms with Gasteiger partial charge in [0.15, 0.2) is 0 Å². The second kappa shape index (κ2) is 7.55. The topological polar surface area (TPSA) is 131 Å². The maximum absolute atomic E-state index is 10.6. The van der Waals surface area contributed by atoms with Crippen molar-refractivity contribution in [3.8, 4) is 5.75 Å². The Morgan fingerprint density at radius 1 is 1.38 bits per heavy atom. The van der Waals surface area contributed by atoms with Crippen LogP contribution in [-0.2, 0) is 18.0 Å². The zero-order chi connectivity index (χ0) is 16.0. The van der Waals surface area contributed by atoms with Crippen LogP contribution in [-0.4, -0.2) is 48.9 Å². The molecule has 2 amide bonds. The van der Waals surface area contributed by atoms with Crippen molar-refractivity contribution in [1.82, 2.24) is 9.88 Å². The molecule has 2 rings (SSSR count). The van der Waals surface area contributed by atoms with Gasteiger partial charge >= 0.3 is 6.09 Å². The largest absolute Gasteiger partial charge is 0.506 e. The summed E-state index contributed by atoms with van der Waals surface area (Å²) in [6, 6.07) is 0. The van der Waals surface area contributed by atoms with Crippen molar-refractivity contribution >= 4 is 12.0 Å². The number of aryl methyl sites for hydroxylation is 1. The van der Waals surface area contributed by atoms with Crippen LogP contribution in [0.25, 0.3) is 0 Å². The zero-order valence-corrected chi connectivity index (χ0v) is 11.6. The van der Waals surface area contributed by atoms with Crippen LogP contribution in [0.15, 0.2) is 6.20 Å². The first kappa shape index (κ1) is 16.9. The molecule has 0 aromatic carbocycles. The molecule has 1 aliphatic rings. The number of aromatic hydroxyl groups is 1. The standard InChI is InChI=1S/C8H11NO3.C5H7NO3/c1-5-8(12)7(4-11)6(3-10)2-9-5;7-4-2-1-3-6(4)5(8)9/h2,10-12H,3-4H2,1H3;1-3H2,(H,8,9). The van der Waals surface area contributed by atoms with Crippen LogP contribution < -0.4 is 0 Å². The van der Waals surface area contributed by atoms with Gasteiger partial charge in [0.1, 0.15) is 5.75 Å². The second-order valence-electron chi connectivity index (χ2n) is 4.44. The van der Waals surface area contributed by atoms with E-state index in [1.165, 1.54) is 6.20 Å². The van der Waals surface area contributed by atoms with Gasteiger partial charge in [-0.2, -0.15) is 0 Å². The number of amides is 2.